The van der Waals surface area contributed by atoms with E-state index in [1.54, 1.807) is 38.5 Å². The Morgan fingerprint density at radius 3 is 2.59 bits per heavy atom. The zero-order valence-electron chi connectivity index (χ0n) is 19.7. The third kappa shape index (κ3) is 5.11. The van der Waals surface area contributed by atoms with Crippen LogP contribution in [0.25, 0.3) is 21.9 Å². The molecule has 1 aromatic carbocycles. The number of nitrogens with zero attached hydrogens (tertiary/aromatic N) is 3. The van der Waals surface area contributed by atoms with E-state index in [0.29, 0.717) is 45.2 Å². The van der Waals surface area contributed by atoms with Crippen molar-refractivity contribution >= 4 is 57.1 Å². The summed E-state index contributed by atoms with van der Waals surface area (Å²) >= 11 is 7.75. The van der Waals surface area contributed by atoms with Crippen LogP contribution in [-0.4, -0.2) is 61.3 Å². The Labute approximate surface area is 228 Å². The van der Waals surface area contributed by atoms with Gasteiger partial charge in [-0.05, 0) is 43.4 Å². The Balaban J connectivity index is 0.00000324. The third-order valence-electron chi connectivity index (χ3n) is 6.12. The van der Waals surface area contributed by atoms with E-state index >= 15 is 0 Å². The summed E-state index contributed by atoms with van der Waals surface area (Å²) in [5.74, 6) is -0.628. The summed E-state index contributed by atoms with van der Waals surface area (Å²) in [6.45, 7) is 0.658. The van der Waals surface area contributed by atoms with Crippen LogP contribution in [0.3, 0.4) is 0 Å². The smallest absolute Gasteiger partial charge is 0.548 e. The van der Waals surface area contributed by atoms with Crippen molar-refractivity contribution < 1.29 is 48.9 Å². The molecule has 2 aromatic heterocycles. The number of fused-ring (bicyclic) bond motifs is 2. The van der Waals surface area contributed by atoms with E-state index in [1.165, 1.54) is 16.3 Å². The second kappa shape index (κ2) is 11.6. The maximum atomic E-state index is 13.3. The number of carbonyl (C=O) groups excluding carboxylic acids is 1. The first-order chi connectivity index (χ1) is 15.9. The fraction of sp³-hybridized carbons (Fsp3) is 0.435. The number of aromatic nitrogens is 2. The first-order valence-electron chi connectivity index (χ1n) is 10.6. The predicted molar refractivity (Wildman–Crippen MR) is 128 cm³/mol. The molecule has 0 amide bonds. The van der Waals surface area contributed by atoms with Gasteiger partial charge in [0.15, 0.2) is 5.43 Å². The number of carbonyl (C=O) groups is 1. The Kier molecular flexibility index (Phi) is 9.30. The minimum Gasteiger partial charge on any atom is -0.548 e. The van der Waals surface area contributed by atoms with Crippen LogP contribution in [-0.2, 0) is 20.8 Å². The maximum absolute atomic E-state index is 13.3. The number of hydrogen-bond donors (Lipinski definition) is 0. The molecule has 11 heteroatoms. The number of anilines is 1. The molecule has 1 aliphatic carbocycles. The minimum absolute atomic E-state index is 0. The molecule has 0 spiro atoms. The van der Waals surface area contributed by atoms with Gasteiger partial charge >= 0.3 is 29.6 Å². The van der Waals surface area contributed by atoms with Crippen LogP contribution < -0.4 is 45.0 Å². The summed E-state index contributed by atoms with van der Waals surface area (Å²) < 4.78 is 12.2. The van der Waals surface area contributed by atoms with Gasteiger partial charge in [0, 0.05) is 32.2 Å². The summed E-state index contributed by atoms with van der Waals surface area (Å²) in [5, 5.41) is 12.9. The average molecular weight is 514 g/mol. The second-order valence-electron chi connectivity index (χ2n) is 7.97. The summed E-state index contributed by atoms with van der Waals surface area (Å²) in [4.78, 5) is 32.6. The van der Waals surface area contributed by atoms with Crippen LogP contribution in [0.2, 0.25) is 5.02 Å². The summed E-state index contributed by atoms with van der Waals surface area (Å²) in [6, 6.07) is 7.02. The molecule has 2 heterocycles. The van der Waals surface area contributed by atoms with Gasteiger partial charge in [0.1, 0.15) is 11.5 Å². The van der Waals surface area contributed by atoms with E-state index in [0.717, 1.165) is 12.8 Å². The third-order valence-corrected chi connectivity index (χ3v) is 7.37. The van der Waals surface area contributed by atoms with E-state index in [1.807, 2.05) is 6.26 Å². The molecule has 34 heavy (non-hydrogen) atoms. The first kappa shape index (κ1) is 27.3. The van der Waals surface area contributed by atoms with Gasteiger partial charge in [-0.3, -0.25) is 4.79 Å². The van der Waals surface area contributed by atoms with Crippen LogP contribution in [0.5, 0.6) is 0 Å². The fourth-order valence-corrected chi connectivity index (χ4v) is 5.43. The van der Waals surface area contributed by atoms with Crippen molar-refractivity contribution in [1.82, 2.24) is 9.55 Å². The van der Waals surface area contributed by atoms with Crippen molar-refractivity contribution in [1.29, 1.82) is 0 Å². The molecule has 1 saturated carbocycles. The van der Waals surface area contributed by atoms with Crippen LogP contribution in [0.4, 0.5) is 5.82 Å². The van der Waals surface area contributed by atoms with Gasteiger partial charge in [-0.2, -0.15) is 0 Å². The number of carboxylic acids is 1. The SMILES string of the molecule is COCCN(c1ccc2c(=O)c3ccc(Cl)c(SC)c3n(CC(=O)[O-])c2n1)C1CC(OC)C1.[Na+]. The van der Waals surface area contributed by atoms with Crippen LogP contribution in [0.1, 0.15) is 12.8 Å². The molecular weight excluding hydrogens is 489 g/mol. The van der Waals surface area contributed by atoms with Crippen molar-refractivity contribution in [3.63, 3.8) is 0 Å². The largest absolute Gasteiger partial charge is 1.00 e. The van der Waals surface area contributed by atoms with E-state index in [2.05, 4.69) is 4.90 Å². The molecule has 0 unspecified atom stereocenters. The van der Waals surface area contributed by atoms with Crippen molar-refractivity contribution in [2.24, 2.45) is 0 Å². The quantitative estimate of drug-likeness (QED) is 0.211. The van der Waals surface area contributed by atoms with Crippen molar-refractivity contribution in [2.45, 2.75) is 36.4 Å². The van der Waals surface area contributed by atoms with Gasteiger partial charge < -0.3 is 28.8 Å². The van der Waals surface area contributed by atoms with Gasteiger partial charge in [-0.25, -0.2) is 4.98 Å². The van der Waals surface area contributed by atoms with Crippen LogP contribution in [0, 0.1) is 0 Å². The minimum atomic E-state index is -1.28. The zero-order valence-corrected chi connectivity index (χ0v) is 23.2. The standard InChI is InChI=1S/C23H26ClN3O5S.Na/c1-31-9-8-26(13-10-14(11-13)32-2)18-7-5-16-21(30)15-4-6-17(24)22(33-3)20(15)27(12-19(28)29)23(16)25-18;/h4-7,13-14H,8-12H2,1-3H3,(H,28,29);/q;+1/p-1. The van der Waals surface area contributed by atoms with E-state index in [4.69, 9.17) is 26.1 Å². The molecule has 1 aliphatic rings. The number of methoxy groups -OCH3 is 2. The van der Waals surface area contributed by atoms with Crippen molar-refractivity contribution in [3.8, 4) is 0 Å². The number of carboxylic acid groups (broad SMARTS) is 1. The Morgan fingerprint density at radius 2 is 1.97 bits per heavy atom. The van der Waals surface area contributed by atoms with Gasteiger partial charge in [-0.15, -0.1) is 11.8 Å². The molecule has 0 atom stereocenters. The number of halogens is 1. The van der Waals surface area contributed by atoms with Crippen molar-refractivity contribution in [2.75, 3.05) is 38.5 Å². The molecule has 0 radical (unpaired) electrons. The Morgan fingerprint density at radius 1 is 1.26 bits per heavy atom. The number of thioether (sulfide) groups is 1. The molecule has 0 aliphatic heterocycles. The van der Waals surface area contributed by atoms with E-state index < -0.39 is 12.5 Å². The molecule has 0 N–H and O–H groups in total. The maximum Gasteiger partial charge on any atom is 1.00 e. The molecule has 4 rings (SSSR count). The number of ether oxygens (including phenoxy) is 2. The molecular formula is C23H25ClN3NaO5S. The van der Waals surface area contributed by atoms with Crippen LogP contribution >= 0.6 is 23.4 Å². The summed E-state index contributed by atoms with van der Waals surface area (Å²) in [5.41, 5.74) is 0.525. The monoisotopic (exact) mass is 513 g/mol. The van der Waals surface area contributed by atoms with Gasteiger partial charge in [-0.1, -0.05) is 11.6 Å². The topological polar surface area (TPSA) is 96.7 Å². The number of aliphatic carboxylic acids is 1. The fourth-order valence-electron chi connectivity index (χ4n) is 4.37. The molecule has 8 nitrogen and oxygen atoms in total. The molecule has 3 aromatic rings. The van der Waals surface area contributed by atoms with Gasteiger partial charge in [0.2, 0.25) is 0 Å². The summed E-state index contributed by atoms with van der Waals surface area (Å²) in [6.07, 6.45) is 3.75. The number of rotatable bonds is 9. The Hall–Kier alpha value is -1.33. The number of pyridine rings is 2. The first-order valence-corrected chi connectivity index (χ1v) is 12.2. The van der Waals surface area contributed by atoms with Gasteiger partial charge in [0.05, 0.1) is 46.0 Å². The molecule has 0 saturated heterocycles. The van der Waals surface area contributed by atoms with E-state index in [-0.39, 0.29) is 52.8 Å². The number of hydrogen-bond acceptors (Lipinski definition) is 8. The zero-order chi connectivity index (χ0) is 23.7. The van der Waals surface area contributed by atoms with Crippen molar-refractivity contribution in [3.05, 3.63) is 39.5 Å². The molecule has 0 bridgehead atoms. The number of benzene rings is 1. The predicted octanol–water partition coefficient (Wildman–Crippen LogP) is -0.691. The summed E-state index contributed by atoms with van der Waals surface area (Å²) in [7, 11) is 3.34. The molecule has 1 fully saturated rings. The van der Waals surface area contributed by atoms with Crippen LogP contribution in [0.15, 0.2) is 34.0 Å². The normalized spacial score (nSPS) is 17.4. The average Bonchev–Trinajstić information content (AvgIpc) is 2.77. The second-order valence-corrected chi connectivity index (χ2v) is 9.20. The van der Waals surface area contributed by atoms with E-state index in [9.17, 15) is 14.7 Å². The van der Waals surface area contributed by atoms with Gasteiger partial charge in [0.25, 0.3) is 0 Å². The molecule has 176 valence electrons. The Bertz CT molecular complexity index is 1270.